The summed E-state index contributed by atoms with van der Waals surface area (Å²) in [6.45, 7) is 0. The molecule has 2 N–H and O–H groups in total. The zero-order valence-electron chi connectivity index (χ0n) is 17.9. The average Bonchev–Trinajstić information content (AvgIpc) is 3.40. The highest BCUT2D eigenvalue weighted by Crippen LogP contribution is 2.23. The molecule has 5 rings (SSSR count). The fraction of sp³-hybridized carbons (Fsp3) is 0. The first-order valence-corrected chi connectivity index (χ1v) is 10.5. The number of carbonyl (C=O) groups excluding carboxylic acids is 1. The van der Waals surface area contributed by atoms with Gasteiger partial charge >= 0.3 is 0 Å². The molecule has 1 amide bonds. The molecule has 0 saturated carbocycles. The van der Waals surface area contributed by atoms with E-state index in [9.17, 15) is 9.18 Å². The van der Waals surface area contributed by atoms with Crippen molar-refractivity contribution in [2.45, 2.75) is 0 Å². The topological polar surface area (TPSA) is 84.7 Å². The van der Waals surface area contributed by atoms with Gasteiger partial charge < -0.3 is 15.2 Å². The van der Waals surface area contributed by atoms with Crippen LogP contribution in [0.2, 0.25) is 0 Å². The van der Waals surface area contributed by atoms with Gasteiger partial charge in [0.2, 0.25) is 5.95 Å². The molecule has 0 spiro atoms. The van der Waals surface area contributed by atoms with Crippen LogP contribution in [0.15, 0.2) is 104 Å². The fourth-order valence-corrected chi connectivity index (χ4v) is 3.43. The first-order valence-electron chi connectivity index (χ1n) is 10.5. The van der Waals surface area contributed by atoms with E-state index in [-0.39, 0.29) is 5.56 Å². The molecule has 3 aromatic carbocycles. The van der Waals surface area contributed by atoms with E-state index >= 15 is 0 Å². The quantitative estimate of drug-likeness (QED) is 0.359. The predicted molar refractivity (Wildman–Crippen MR) is 129 cm³/mol. The highest BCUT2D eigenvalue weighted by molar-refractivity contribution is 6.04. The summed E-state index contributed by atoms with van der Waals surface area (Å²) >= 11 is 0. The van der Waals surface area contributed by atoms with Crippen molar-refractivity contribution in [3.8, 4) is 16.9 Å². The molecule has 7 nitrogen and oxygen atoms in total. The number of hydrogen-bond acceptors (Lipinski definition) is 5. The highest BCUT2D eigenvalue weighted by atomic mass is 19.1. The van der Waals surface area contributed by atoms with Crippen LogP contribution >= 0.6 is 0 Å². The lowest BCUT2D eigenvalue weighted by molar-refractivity contribution is 0.102. The Bertz CT molecular complexity index is 1430. The molecule has 0 unspecified atom stereocenters. The summed E-state index contributed by atoms with van der Waals surface area (Å²) in [5.41, 5.74) is 4.23. The lowest BCUT2D eigenvalue weighted by Gasteiger charge is -2.10. The van der Waals surface area contributed by atoms with Crippen LogP contribution in [0.3, 0.4) is 0 Å². The molecule has 166 valence electrons. The van der Waals surface area contributed by atoms with Gasteiger partial charge in [0.1, 0.15) is 5.82 Å². The lowest BCUT2D eigenvalue weighted by atomic mass is 10.1. The number of nitrogens with one attached hydrogen (secondary N) is 2. The van der Waals surface area contributed by atoms with E-state index in [1.165, 1.54) is 18.2 Å². The summed E-state index contributed by atoms with van der Waals surface area (Å²) in [5.74, 6) is -0.435. The number of hydrogen-bond donors (Lipinski definition) is 2. The Balaban J connectivity index is 1.30. The zero-order chi connectivity index (χ0) is 23.3. The van der Waals surface area contributed by atoms with Crippen molar-refractivity contribution in [3.63, 3.8) is 0 Å². The first kappa shape index (κ1) is 21.0. The second kappa shape index (κ2) is 9.33. The van der Waals surface area contributed by atoms with Gasteiger partial charge in [0.05, 0.1) is 12.0 Å². The van der Waals surface area contributed by atoms with Gasteiger partial charge in [0, 0.05) is 46.8 Å². The number of rotatable bonds is 6. The molecule has 0 aliphatic rings. The van der Waals surface area contributed by atoms with Gasteiger partial charge in [-0.1, -0.05) is 24.3 Å². The lowest BCUT2D eigenvalue weighted by Crippen LogP contribution is -2.12. The number of amides is 1. The zero-order valence-corrected chi connectivity index (χ0v) is 17.9. The molecular formula is C26H19FN6O. The molecule has 0 atom stereocenters. The van der Waals surface area contributed by atoms with Gasteiger partial charge in [-0.25, -0.2) is 19.3 Å². The fourth-order valence-electron chi connectivity index (χ4n) is 3.43. The van der Waals surface area contributed by atoms with Gasteiger partial charge in [0.15, 0.2) is 0 Å². The summed E-state index contributed by atoms with van der Waals surface area (Å²) in [7, 11) is 0. The van der Waals surface area contributed by atoms with Gasteiger partial charge in [-0.2, -0.15) is 0 Å². The van der Waals surface area contributed by atoms with E-state index in [0.717, 1.165) is 16.9 Å². The molecule has 2 aromatic heterocycles. The van der Waals surface area contributed by atoms with Crippen LogP contribution < -0.4 is 10.6 Å². The maximum Gasteiger partial charge on any atom is 0.255 e. The molecule has 0 aliphatic heterocycles. The van der Waals surface area contributed by atoms with E-state index in [0.29, 0.717) is 17.3 Å². The predicted octanol–water partition coefficient (Wildman–Crippen LogP) is 5.46. The molecule has 8 heteroatoms. The van der Waals surface area contributed by atoms with Crippen LogP contribution in [0.5, 0.6) is 0 Å². The molecule has 0 fully saturated rings. The number of nitrogens with zero attached hydrogens (tertiary/aromatic N) is 4. The summed E-state index contributed by atoms with van der Waals surface area (Å²) in [5, 5.41) is 5.94. The largest absolute Gasteiger partial charge is 0.324 e. The minimum absolute atomic E-state index is 0.244. The molecular weight excluding hydrogens is 431 g/mol. The van der Waals surface area contributed by atoms with Gasteiger partial charge in [-0.3, -0.25) is 4.79 Å². The Labute approximate surface area is 195 Å². The second-order valence-electron chi connectivity index (χ2n) is 7.45. The minimum Gasteiger partial charge on any atom is -0.324 e. The monoisotopic (exact) mass is 450 g/mol. The Morgan fingerprint density at radius 3 is 2.50 bits per heavy atom. The van der Waals surface area contributed by atoms with Crippen LogP contribution in [0.25, 0.3) is 16.9 Å². The van der Waals surface area contributed by atoms with E-state index in [4.69, 9.17) is 0 Å². The number of anilines is 3. The van der Waals surface area contributed by atoms with Crippen LogP contribution in [0, 0.1) is 5.82 Å². The molecule has 0 aliphatic carbocycles. The van der Waals surface area contributed by atoms with E-state index in [2.05, 4.69) is 25.6 Å². The van der Waals surface area contributed by atoms with Crippen molar-refractivity contribution in [1.82, 2.24) is 19.5 Å². The summed E-state index contributed by atoms with van der Waals surface area (Å²) < 4.78 is 15.3. The summed E-state index contributed by atoms with van der Waals surface area (Å²) in [6.07, 6.45) is 7.05. The molecule has 5 aromatic rings. The number of carbonyl (C=O) groups is 1. The third-order valence-electron chi connectivity index (χ3n) is 5.08. The van der Waals surface area contributed by atoms with Crippen molar-refractivity contribution in [2.75, 3.05) is 10.6 Å². The van der Waals surface area contributed by atoms with Crippen LogP contribution in [-0.2, 0) is 0 Å². The van der Waals surface area contributed by atoms with Crippen LogP contribution in [-0.4, -0.2) is 25.4 Å². The van der Waals surface area contributed by atoms with E-state index < -0.39 is 11.7 Å². The van der Waals surface area contributed by atoms with Gasteiger partial charge in [0.25, 0.3) is 5.91 Å². The Morgan fingerprint density at radius 2 is 1.71 bits per heavy atom. The Morgan fingerprint density at radius 1 is 0.882 bits per heavy atom. The number of aromatic nitrogens is 4. The van der Waals surface area contributed by atoms with Crippen LogP contribution in [0.1, 0.15) is 10.4 Å². The second-order valence-corrected chi connectivity index (χ2v) is 7.45. The van der Waals surface area contributed by atoms with E-state index in [1.807, 2.05) is 47.2 Å². The van der Waals surface area contributed by atoms with Crippen molar-refractivity contribution < 1.29 is 9.18 Å². The number of benzene rings is 3. The molecule has 0 saturated heterocycles. The molecule has 0 bridgehead atoms. The van der Waals surface area contributed by atoms with Gasteiger partial charge in [-0.15, -0.1) is 0 Å². The number of imidazole rings is 1. The standard InChI is InChI=1S/C26H19FN6O/c27-20-4-1-3-19(15-20)25(34)30-21-5-2-6-22(16-21)31-26-29-12-11-24(32-26)18-7-9-23(10-8-18)33-14-13-28-17-33/h1-17H,(H,30,34)(H,29,31,32). The minimum atomic E-state index is -0.462. The maximum absolute atomic E-state index is 13.4. The average molecular weight is 450 g/mol. The number of halogens is 1. The van der Waals surface area contributed by atoms with Crippen molar-refractivity contribution in [1.29, 1.82) is 0 Å². The van der Waals surface area contributed by atoms with E-state index in [1.54, 1.807) is 43.0 Å². The Kier molecular flexibility index (Phi) is 5.77. The third kappa shape index (κ3) is 4.81. The summed E-state index contributed by atoms with van der Waals surface area (Å²) in [6, 6.07) is 22.5. The van der Waals surface area contributed by atoms with Crippen LogP contribution in [0.4, 0.5) is 21.7 Å². The third-order valence-corrected chi connectivity index (χ3v) is 5.08. The molecule has 0 radical (unpaired) electrons. The summed E-state index contributed by atoms with van der Waals surface area (Å²) in [4.78, 5) is 25.4. The smallest absolute Gasteiger partial charge is 0.255 e. The van der Waals surface area contributed by atoms with Crippen molar-refractivity contribution in [2.24, 2.45) is 0 Å². The SMILES string of the molecule is O=C(Nc1cccc(Nc2nccc(-c3ccc(-n4ccnc4)cc3)n2)c1)c1cccc(F)c1. The van der Waals surface area contributed by atoms with Gasteiger partial charge in [-0.05, 0) is 54.6 Å². The highest BCUT2D eigenvalue weighted by Gasteiger charge is 2.08. The first-order chi connectivity index (χ1) is 16.6. The van der Waals surface area contributed by atoms with Crippen molar-refractivity contribution in [3.05, 3.63) is 115 Å². The Hall–Kier alpha value is -4.85. The maximum atomic E-state index is 13.4. The normalized spacial score (nSPS) is 10.6. The van der Waals surface area contributed by atoms with Crippen molar-refractivity contribution >= 4 is 23.2 Å². The molecule has 34 heavy (non-hydrogen) atoms. The molecule has 2 heterocycles.